The van der Waals surface area contributed by atoms with Gasteiger partial charge in [0.25, 0.3) is 10.0 Å². The van der Waals surface area contributed by atoms with E-state index in [1.54, 1.807) is 43.5 Å². The number of anilines is 1. The first-order valence-electron chi connectivity index (χ1n) is 14.5. The van der Waals surface area contributed by atoms with E-state index >= 15 is 0 Å². The van der Waals surface area contributed by atoms with Gasteiger partial charge in [-0.05, 0) is 74.2 Å². The Kier molecular flexibility index (Phi) is 12.0. The van der Waals surface area contributed by atoms with E-state index in [-0.39, 0.29) is 23.0 Å². The minimum absolute atomic E-state index is 0.0421. The van der Waals surface area contributed by atoms with Crippen LogP contribution in [-0.4, -0.2) is 58.5 Å². The zero-order valence-corrected chi connectivity index (χ0v) is 26.7. The van der Waals surface area contributed by atoms with Gasteiger partial charge in [0.1, 0.15) is 24.1 Å². The largest absolute Gasteiger partial charge is 0.497 e. The molecule has 0 aliphatic heterocycles. The molecule has 232 valence electrons. The zero-order valence-electron chi connectivity index (χ0n) is 25.9. The number of nitrogens with one attached hydrogen (secondary N) is 1. The molecule has 1 atom stereocenters. The van der Waals surface area contributed by atoms with Crippen LogP contribution in [0.2, 0.25) is 0 Å². The first-order valence-corrected chi connectivity index (χ1v) is 15.9. The van der Waals surface area contributed by atoms with Crippen molar-refractivity contribution in [1.29, 1.82) is 0 Å². The van der Waals surface area contributed by atoms with Crippen molar-refractivity contribution < 1.29 is 27.5 Å². The number of sulfonamides is 1. The molecule has 10 heteroatoms. The highest BCUT2D eigenvalue weighted by Gasteiger charge is 2.34. The lowest BCUT2D eigenvalue weighted by Gasteiger charge is -2.33. The molecule has 3 aromatic rings. The molecule has 1 N–H and O–H groups in total. The molecule has 1 unspecified atom stereocenters. The summed E-state index contributed by atoms with van der Waals surface area (Å²) in [5.41, 5.74) is 2.71. The SMILES string of the molecule is CCCCNC(=O)C(CC)N(Cc1ccc(OC)cc1)C(=O)CN(c1cc(C)ccc1OC)S(=O)(=O)c1ccc(C)cc1. The van der Waals surface area contributed by atoms with E-state index in [4.69, 9.17) is 9.47 Å². The first-order chi connectivity index (χ1) is 20.5. The number of methoxy groups -OCH3 is 2. The summed E-state index contributed by atoms with van der Waals surface area (Å²) in [6, 6.07) is 18.0. The number of hydrogen-bond donors (Lipinski definition) is 1. The monoisotopic (exact) mass is 609 g/mol. The second kappa shape index (κ2) is 15.4. The maximum Gasteiger partial charge on any atom is 0.264 e. The van der Waals surface area contributed by atoms with Gasteiger partial charge in [0.15, 0.2) is 0 Å². The van der Waals surface area contributed by atoms with Gasteiger partial charge in [-0.1, -0.05) is 56.2 Å². The van der Waals surface area contributed by atoms with E-state index in [9.17, 15) is 18.0 Å². The quantitative estimate of drug-likeness (QED) is 0.236. The highest BCUT2D eigenvalue weighted by atomic mass is 32.2. The van der Waals surface area contributed by atoms with Gasteiger partial charge in [0.2, 0.25) is 11.8 Å². The number of benzene rings is 3. The van der Waals surface area contributed by atoms with E-state index in [2.05, 4.69) is 5.32 Å². The molecule has 0 radical (unpaired) electrons. The molecule has 0 spiro atoms. The first kappa shape index (κ1) is 33.5. The molecule has 0 saturated heterocycles. The van der Waals surface area contributed by atoms with Gasteiger partial charge in [0, 0.05) is 13.1 Å². The lowest BCUT2D eigenvalue weighted by molar-refractivity contribution is -0.140. The van der Waals surface area contributed by atoms with Crippen LogP contribution in [0.3, 0.4) is 0 Å². The van der Waals surface area contributed by atoms with Crippen molar-refractivity contribution in [2.45, 2.75) is 64.4 Å². The van der Waals surface area contributed by atoms with Crippen LogP contribution in [-0.2, 0) is 26.2 Å². The van der Waals surface area contributed by atoms with Crippen molar-refractivity contribution in [3.05, 3.63) is 83.4 Å². The molecule has 0 saturated carbocycles. The van der Waals surface area contributed by atoms with Crippen LogP contribution >= 0.6 is 0 Å². The van der Waals surface area contributed by atoms with Gasteiger partial charge in [0.05, 0.1) is 24.8 Å². The third-order valence-corrected chi connectivity index (χ3v) is 8.99. The van der Waals surface area contributed by atoms with Gasteiger partial charge in [-0.15, -0.1) is 0 Å². The van der Waals surface area contributed by atoms with Crippen molar-refractivity contribution in [2.24, 2.45) is 0 Å². The fraction of sp³-hybridized carbons (Fsp3) is 0.394. The normalized spacial score (nSPS) is 11.9. The number of carbonyl (C=O) groups is 2. The van der Waals surface area contributed by atoms with Crippen LogP contribution in [0.25, 0.3) is 0 Å². The van der Waals surface area contributed by atoms with E-state index in [1.165, 1.54) is 24.1 Å². The molecule has 0 aromatic heterocycles. The molecule has 43 heavy (non-hydrogen) atoms. The number of ether oxygens (including phenoxy) is 2. The number of amides is 2. The second-order valence-electron chi connectivity index (χ2n) is 10.4. The molecule has 0 fully saturated rings. The highest BCUT2D eigenvalue weighted by molar-refractivity contribution is 7.92. The standard InChI is InChI=1S/C33H43N3O6S/c1-7-9-20-34-33(38)29(8-2)35(22-26-13-15-27(41-5)16-14-26)32(37)23-36(30-21-25(4)12-19-31(30)42-6)43(39,40)28-17-10-24(3)11-18-28/h10-19,21,29H,7-9,20,22-23H2,1-6H3,(H,34,38). The van der Waals surface area contributed by atoms with Gasteiger partial charge in [-0.25, -0.2) is 8.42 Å². The van der Waals surface area contributed by atoms with E-state index in [1.807, 2.05) is 45.9 Å². The Morgan fingerprint density at radius 1 is 0.884 bits per heavy atom. The summed E-state index contributed by atoms with van der Waals surface area (Å²) in [4.78, 5) is 29.1. The van der Waals surface area contributed by atoms with Crippen LogP contribution in [0.4, 0.5) is 5.69 Å². The smallest absolute Gasteiger partial charge is 0.264 e. The molecule has 0 aliphatic carbocycles. The molecule has 3 rings (SSSR count). The fourth-order valence-corrected chi connectivity index (χ4v) is 6.12. The summed E-state index contributed by atoms with van der Waals surface area (Å²) in [5.74, 6) is 0.166. The summed E-state index contributed by atoms with van der Waals surface area (Å²) >= 11 is 0. The van der Waals surface area contributed by atoms with E-state index in [0.717, 1.165) is 33.8 Å². The van der Waals surface area contributed by atoms with Crippen molar-refractivity contribution in [1.82, 2.24) is 10.2 Å². The van der Waals surface area contributed by atoms with Crippen molar-refractivity contribution in [2.75, 3.05) is 31.6 Å². The molecule has 3 aromatic carbocycles. The number of rotatable bonds is 15. The maximum absolute atomic E-state index is 14.3. The van der Waals surface area contributed by atoms with E-state index < -0.39 is 28.5 Å². The average molecular weight is 610 g/mol. The molecule has 9 nitrogen and oxygen atoms in total. The maximum atomic E-state index is 14.3. The summed E-state index contributed by atoms with van der Waals surface area (Å²) in [7, 11) is -1.19. The predicted molar refractivity (Wildman–Crippen MR) is 169 cm³/mol. The molecule has 2 amide bonds. The van der Waals surface area contributed by atoms with Crippen LogP contribution < -0.4 is 19.1 Å². The molecule has 0 aliphatic rings. The zero-order chi connectivity index (χ0) is 31.6. The van der Waals surface area contributed by atoms with Gasteiger partial charge in [-0.3, -0.25) is 13.9 Å². The summed E-state index contributed by atoms with van der Waals surface area (Å²) in [5, 5.41) is 2.94. The molecule has 0 bridgehead atoms. The van der Waals surface area contributed by atoms with Gasteiger partial charge >= 0.3 is 0 Å². The number of unbranched alkanes of at least 4 members (excludes halogenated alkanes) is 1. The Labute approximate surface area is 255 Å². The Balaban J connectivity index is 2.10. The van der Waals surface area contributed by atoms with Crippen molar-refractivity contribution >= 4 is 27.5 Å². The minimum atomic E-state index is -4.21. The highest BCUT2D eigenvalue weighted by Crippen LogP contribution is 2.34. The molecular formula is C33H43N3O6S. The Bertz CT molecular complexity index is 1470. The lowest BCUT2D eigenvalue weighted by Crippen LogP contribution is -2.52. The Hall–Kier alpha value is -4.05. The number of hydrogen-bond acceptors (Lipinski definition) is 6. The summed E-state index contributed by atoms with van der Waals surface area (Å²) in [6.45, 7) is 7.63. The topological polar surface area (TPSA) is 105 Å². The average Bonchev–Trinajstić information content (AvgIpc) is 3.00. The number of aryl methyl sites for hydroxylation is 2. The number of carbonyl (C=O) groups excluding carboxylic acids is 2. The minimum Gasteiger partial charge on any atom is -0.497 e. The van der Waals surface area contributed by atoms with Crippen LogP contribution in [0.1, 0.15) is 49.8 Å². The van der Waals surface area contributed by atoms with Crippen LogP contribution in [0, 0.1) is 13.8 Å². The number of nitrogens with zero attached hydrogens (tertiary/aromatic N) is 2. The van der Waals surface area contributed by atoms with Crippen LogP contribution in [0.5, 0.6) is 11.5 Å². The molecular weight excluding hydrogens is 566 g/mol. The van der Waals surface area contributed by atoms with Crippen molar-refractivity contribution in [3.8, 4) is 11.5 Å². The summed E-state index contributed by atoms with van der Waals surface area (Å²) in [6.07, 6.45) is 2.07. The lowest BCUT2D eigenvalue weighted by atomic mass is 10.1. The Morgan fingerprint density at radius 2 is 1.53 bits per heavy atom. The molecule has 0 heterocycles. The summed E-state index contributed by atoms with van der Waals surface area (Å²) < 4.78 is 40.2. The third kappa shape index (κ3) is 8.50. The third-order valence-electron chi connectivity index (χ3n) is 7.22. The predicted octanol–water partition coefficient (Wildman–Crippen LogP) is 5.24. The Morgan fingerprint density at radius 3 is 2.12 bits per heavy atom. The van der Waals surface area contributed by atoms with Gasteiger partial charge in [-0.2, -0.15) is 0 Å². The fourth-order valence-electron chi connectivity index (χ4n) is 4.70. The van der Waals surface area contributed by atoms with Crippen LogP contribution in [0.15, 0.2) is 71.6 Å². The van der Waals surface area contributed by atoms with E-state index in [0.29, 0.717) is 24.5 Å². The van der Waals surface area contributed by atoms with Gasteiger partial charge < -0.3 is 19.7 Å². The van der Waals surface area contributed by atoms with Crippen molar-refractivity contribution in [3.63, 3.8) is 0 Å². The second-order valence-corrected chi connectivity index (χ2v) is 12.3.